The lowest BCUT2D eigenvalue weighted by molar-refractivity contribution is -0.146. The van der Waals surface area contributed by atoms with Gasteiger partial charge >= 0.3 is 5.97 Å². The first-order valence-corrected chi connectivity index (χ1v) is 7.71. The van der Waals surface area contributed by atoms with Gasteiger partial charge in [-0.15, -0.1) is 11.8 Å². The molecule has 4 atom stereocenters. The molecule has 2 aliphatic heterocycles. The van der Waals surface area contributed by atoms with E-state index in [-0.39, 0.29) is 11.9 Å². The van der Waals surface area contributed by atoms with Gasteiger partial charge in [0.1, 0.15) is 0 Å². The van der Waals surface area contributed by atoms with Gasteiger partial charge < -0.3 is 10.1 Å². The molecule has 3 rings (SSSR count). The Morgan fingerprint density at radius 2 is 2.11 bits per heavy atom. The van der Waals surface area contributed by atoms with Gasteiger partial charge in [0.2, 0.25) is 0 Å². The van der Waals surface area contributed by atoms with E-state index in [0.29, 0.717) is 17.3 Å². The van der Waals surface area contributed by atoms with E-state index < -0.39 is 0 Å². The minimum atomic E-state index is -0.0636. The molecular formula is C15H19NO2S. The summed E-state index contributed by atoms with van der Waals surface area (Å²) in [5, 5.41) is 3.88. The van der Waals surface area contributed by atoms with Crippen molar-refractivity contribution < 1.29 is 9.53 Å². The first kappa shape index (κ1) is 13.0. The summed E-state index contributed by atoms with van der Waals surface area (Å²) < 4.78 is 5.02. The fourth-order valence-corrected chi connectivity index (χ4v) is 4.69. The second-order valence-electron chi connectivity index (χ2n) is 5.30. The molecule has 4 heteroatoms. The predicted molar refractivity (Wildman–Crippen MR) is 76.2 cm³/mol. The molecule has 0 saturated carbocycles. The maximum Gasteiger partial charge on any atom is 0.311 e. The SMILES string of the molecule is COC(=O)C1C(Sc2ccccc2)C[C@@H]2CC[C@H]1N2. The number of hydrogen-bond donors (Lipinski definition) is 1. The highest BCUT2D eigenvalue weighted by Gasteiger charge is 2.46. The van der Waals surface area contributed by atoms with Crippen LogP contribution in [-0.4, -0.2) is 30.4 Å². The molecular weight excluding hydrogens is 258 g/mol. The summed E-state index contributed by atoms with van der Waals surface area (Å²) in [7, 11) is 1.49. The molecule has 2 unspecified atom stereocenters. The molecule has 1 aromatic rings. The third-order valence-electron chi connectivity index (χ3n) is 4.13. The van der Waals surface area contributed by atoms with Gasteiger partial charge in [-0.3, -0.25) is 4.79 Å². The van der Waals surface area contributed by atoms with Crippen LogP contribution in [0.25, 0.3) is 0 Å². The third kappa shape index (κ3) is 2.65. The van der Waals surface area contributed by atoms with Crippen molar-refractivity contribution in [1.82, 2.24) is 5.32 Å². The highest BCUT2D eigenvalue weighted by atomic mass is 32.2. The molecule has 19 heavy (non-hydrogen) atoms. The molecule has 2 fully saturated rings. The van der Waals surface area contributed by atoms with Crippen LogP contribution >= 0.6 is 11.8 Å². The van der Waals surface area contributed by atoms with E-state index in [1.807, 2.05) is 30.0 Å². The van der Waals surface area contributed by atoms with E-state index in [1.165, 1.54) is 18.4 Å². The number of esters is 1. The lowest BCUT2D eigenvalue weighted by atomic mass is 9.91. The largest absolute Gasteiger partial charge is 0.469 e. The van der Waals surface area contributed by atoms with Crippen LogP contribution in [0.5, 0.6) is 0 Å². The predicted octanol–water partition coefficient (Wildman–Crippen LogP) is 2.46. The Labute approximate surface area is 118 Å². The van der Waals surface area contributed by atoms with E-state index in [4.69, 9.17) is 4.74 Å². The molecule has 1 aromatic carbocycles. The number of fused-ring (bicyclic) bond motifs is 2. The summed E-state index contributed by atoms with van der Waals surface area (Å²) in [4.78, 5) is 13.3. The summed E-state index contributed by atoms with van der Waals surface area (Å²) in [6.07, 6.45) is 3.33. The Morgan fingerprint density at radius 1 is 1.32 bits per heavy atom. The summed E-state index contributed by atoms with van der Waals surface area (Å²) in [6, 6.07) is 11.2. The van der Waals surface area contributed by atoms with Crippen molar-refractivity contribution in [3.63, 3.8) is 0 Å². The number of hydrogen-bond acceptors (Lipinski definition) is 4. The first-order valence-electron chi connectivity index (χ1n) is 6.83. The van der Waals surface area contributed by atoms with Gasteiger partial charge in [-0.25, -0.2) is 0 Å². The van der Waals surface area contributed by atoms with E-state index in [9.17, 15) is 4.79 Å². The zero-order valence-corrected chi connectivity index (χ0v) is 11.9. The van der Waals surface area contributed by atoms with Crippen LogP contribution < -0.4 is 5.32 Å². The lowest BCUT2D eigenvalue weighted by Gasteiger charge is -2.35. The van der Waals surface area contributed by atoms with E-state index in [1.54, 1.807) is 0 Å². The number of ether oxygens (including phenoxy) is 1. The molecule has 0 aliphatic carbocycles. The number of thioether (sulfide) groups is 1. The molecule has 0 spiro atoms. The fourth-order valence-electron chi connectivity index (χ4n) is 3.25. The van der Waals surface area contributed by atoms with Gasteiger partial charge in [0, 0.05) is 22.2 Å². The monoisotopic (exact) mass is 277 g/mol. The topological polar surface area (TPSA) is 38.3 Å². The third-order valence-corrected chi connectivity index (χ3v) is 5.46. The molecule has 2 heterocycles. The molecule has 0 aromatic heterocycles. The molecule has 2 saturated heterocycles. The lowest BCUT2D eigenvalue weighted by Crippen LogP contribution is -2.50. The molecule has 2 aliphatic rings. The number of nitrogens with one attached hydrogen (secondary N) is 1. The van der Waals surface area contributed by atoms with Crippen molar-refractivity contribution in [1.29, 1.82) is 0 Å². The van der Waals surface area contributed by atoms with Crippen LogP contribution in [0.4, 0.5) is 0 Å². The van der Waals surface area contributed by atoms with Crippen molar-refractivity contribution in [2.24, 2.45) is 5.92 Å². The van der Waals surface area contributed by atoms with Crippen molar-refractivity contribution >= 4 is 17.7 Å². The van der Waals surface area contributed by atoms with Crippen LogP contribution in [0.2, 0.25) is 0 Å². The molecule has 0 radical (unpaired) electrons. The molecule has 1 N–H and O–H groups in total. The van der Waals surface area contributed by atoms with Crippen LogP contribution in [0, 0.1) is 5.92 Å². The second kappa shape index (κ2) is 5.55. The van der Waals surface area contributed by atoms with Crippen molar-refractivity contribution in [2.45, 2.75) is 41.5 Å². The number of carbonyl (C=O) groups is 1. The maximum atomic E-state index is 12.1. The average molecular weight is 277 g/mol. The Balaban J connectivity index is 1.79. The van der Waals surface area contributed by atoms with Gasteiger partial charge in [-0.2, -0.15) is 0 Å². The van der Waals surface area contributed by atoms with Crippen LogP contribution in [0.1, 0.15) is 19.3 Å². The Bertz CT molecular complexity index is 451. The highest BCUT2D eigenvalue weighted by Crippen LogP contribution is 2.41. The zero-order valence-electron chi connectivity index (χ0n) is 11.0. The number of benzene rings is 1. The van der Waals surface area contributed by atoms with Crippen LogP contribution in [0.3, 0.4) is 0 Å². The minimum Gasteiger partial charge on any atom is -0.469 e. The summed E-state index contributed by atoms with van der Waals surface area (Å²) in [5.74, 6) is -0.0831. The van der Waals surface area contributed by atoms with Gasteiger partial charge in [-0.05, 0) is 31.4 Å². The second-order valence-corrected chi connectivity index (χ2v) is 6.61. The van der Waals surface area contributed by atoms with Gasteiger partial charge in [0.15, 0.2) is 0 Å². The smallest absolute Gasteiger partial charge is 0.311 e. The van der Waals surface area contributed by atoms with Crippen LogP contribution in [-0.2, 0) is 9.53 Å². The van der Waals surface area contributed by atoms with Gasteiger partial charge in [0.25, 0.3) is 0 Å². The van der Waals surface area contributed by atoms with E-state index in [2.05, 4.69) is 17.4 Å². The average Bonchev–Trinajstić information content (AvgIpc) is 2.81. The number of rotatable bonds is 3. The maximum absolute atomic E-state index is 12.1. The quantitative estimate of drug-likeness (QED) is 0.861. The highest BCUT2D eigenvalue weighted by molar-refractivity contribution is 8.00. The fraction of sp³-hybridized carbons (Fsp3) is 0.533. The Morgan fingerprint density at radius 3 is 2.84 bits per heavy atom. The molecule has 0 amide bonds. The molecule has 2 bridgehead atoms. The van der Waals surface area contributed by atoms with Gasteiger partial charge in [-0.1, -0.05) is 18.2 Å². The molecule has 3 nitrogen and oxygen atoms in total. The minimum absolute atomic E-state index is 0.0195. The first-order chi connectivity index (χ1) is 9.28. The van der Waals surface area contributed by atoms with Crippen molar-refractivity contribution in [2.75, 3.05) is 7.11 Å². The van der Waals surface area contributed by atoms with Crippen molar-refractivity contribution in [3.05, 3.63) is 30.3 Å². The number of methoxy groups -OCH3 is 1. The Kier molecular flexibility index (Phi) is 3.80. The number of carbonyl (C=O) groups excluding carboxylic acids is 1. The number of piperidine rings is 1. The standard InChI is InChI=1S/C15H19NO2S/c1-18-15(17)14-12-8-7-10(16-12)9-13(14)19-11-5-3-2-4-6-11/h2-6,10,12-14,16H,7-9H2,1H3/t10-,12+,13?,14?/m0/s1. The summed E-state index contributed by atoms with van der Waals surface area (Å²) in [6.45, 7) is 0. The summed E-state index contributed by atoms with van der Waals surface area (Å²) >= 11 is 1.82. The van der Waals surface area contributed by atoms with Gasteiger partial charge in [0.05, 0.1) is 13.0 Å². The zero-order chi connectivity index (χ0) is 13.2. The summed E-state index contributed by atoms with van der Waals surface area (Å²) in [5.41, 5.74) is 0. The molecule has 102 valence electrons. The Hall–Kier alpha value is -1.00. The van der Waals surface area contributed by atoms with Crippen molar-refractivity contribution in [3.8, 4) is 0 Å². The van der Waals surface area contributed by atoms with E-state index in [0.717, 1.165) is 12.8 Å². The van der Waals surface area contributed by atoms with Crippen LogP contribution in [0.15, 0.2) is 35.2 Å². The van der Waals surface area contributed by atoms with E-state index >= 15 is 0 Å². The normalized spacial score (nSPS) is 33.1.